The molecule has 1 aromatic carbocycles. The Bertz CT molecular complexity index is 617. The Kier molecular flexibility index (Phi) is 3.45. The van der Waals surface area contributed by atoms with E-state index in [2.05, 4.69) is 10.3 Å². The number of nitrogens with one attached hydrogen (secondary N) is 1. The first-order valence-electron chi connectivity index (χ1n) is 6.90. The molecule has 1 saturated heterocycles. The van der Waals surface area contributed by atoms with Gasteiger partial charge in [0.25, 0.3) is 6.01 Å². The van der Waals surface area contributed by atoms with Crippen molar-refractivity contribution in [2.75, 3.05) is 30.7 Å². The second-order valence-corrected chi connectivity index (χ2v) is 5.04. The maximum Gasteiger partial charge on any atom is 0.296 e. The van der Waals surface area contributed by atoms with Gasteiger partial charge in [-0.2, -0.15) is 4.98 Å². The molecule has 0 atom stereocenters. The first-order valence-corrected chi connectivity index (χ1v) is 6.90. The van der Waals surface area contributed by atoms with Crippen LogP contribution in [0.2, 0.25) is 0 Å². The Labute approximate surface area is 116 Å². The number of amides is 1. The van der Waals surface area contributed by atoms with E-state index in [4.69, 9.17) is 10.2 Å². The first kappa shape index (κ1) is 12.8. The van der Waals surface area contributed by atoms with Crippen molar-refractivity contribution in [3.63, 3.8) is 0 Å². The Morgan fingerprint density at radius 3 is 2.95 bits per heavy atom. The van der Waals surface area contributed by atoms with Crippen molar-refractivity contribution in [3.05, 3.63) is 18.2 Å². The van der Waals surface area contributed by atoms with Gasteiger partial charge >= 0.3 is 0 Å². The zero-order valence-electron chi connectivity index (χ0n) is 11.3. The van der Waals surface area contributed by atoms with Crippen molar-refractivity contribution in [1.29, 1.82) is 0 Å². The Morgan fingerprint density at radius 2 is 2.15 bits per heavy atom. The third kappa shape index (κ3) is 2.68. The Morgan fingerprint density at radius 1 is 1.35 bits per heavy atom. The van der Waals surface area contributed by atoms with E-state index in [1.54, 1.807) is 18.2 Å². The van der Waals surface area contributed by atoms with Crippen molar-refractivity contribution < 1.29 is 9.21 Å². The number of nitrogen functional groups attached to an aromatic ring is 1. The highest BCUT2D eigenvalue weighted by Crippen LogP contribution is 2.21. The molecule has 6 nitrogen and oxygen atoms in total. The molecule has 0 unspecified atom stereocenters. The van der Waals surface area contributed by atoms with Gasteiger partial charge < -0.3 is 20.4 Å². The molecule has 20 heavy (non-hydrogen) atoms. The lowest BCUT2D eigenvalue weighted by molar-refractivity contribution is -0.130. The number of piperidine rings is 1. The molecule has 1 amide bonds. The number of carbonyl (C=O) groups excluding carboxylic acids is 1. The van der Waals surface area contributed by atoms with Crippen LogP contribution in [-0.2, 0) is 4.79 Å². The molecule has 3 N–H and O–H groups in total. The average molecular weight is 274 g/mol. The summed E-state index contributed by atoms with van der Waals surface area (Å²) in [5, 5.41) is 2.94. The molecule has 0 saturated carbocycles. The number of likely N-dealkylation sites (tertiary alicyclic amines) is 1. The molecule has 1 aliphatic heterocycles. The maximum absolute atomic E-state index is 12.0. The summed E-state index contributed by atoms with van der Waals surface area (Å²) in [6.07, 6.45) is 3.39. The number of oxazole rings is 1. The molecule has 2 heterocycles. The van der Waals surface area contributed by atoms with Crippen molar-refractivity contribution in [2.45, 2.75) is 19.3 Å². The molecule has 1 aliphatic rings. The Balaban J connectivity index is 1.63. The number of nitrogens with two attached hydrogens (primary N) is 1. The van der Waals surface area contributed by atoms with E-state index in [9.17, 15) is 4.79 Å². The molecule has 1 aromatic heterocycles. The third-order valence-corrected chi connectivity index (χ3v) is 3.51. The van der Waals surface area contributed by atoms with Crippen molar-refractivity contribution in [2.24, 2.45) is 0 Å². The molecule has 2 aromatic rings. The van der Waals surface area contributed by atoms with Gasteiger partial charge in [0.1, 0.15) is 5.52 Å². The number of hydrogen-bond donors (Lipinski definition) is 2. The molecule has 1 fully saturated rings. The van der Waals surface area contributed by atoms with E-state index >= 15 is 0 Å². The third-order valence-electron chi connectivity index (χ3n) is 3.51. The monoisotopic (exact) mass is 274 g/mol. The molecule has 0 aliphatic carbocycles. The van der Waals surface area contributed by atoms with Crippen molar-refractivity contribution >= 4 is 28.7 Å². The lowest BCUT2D eigenvalue weighted by atomic mass is 10.1. The smallest absolute Gasteiger partial charge is 0.296 e. The summed E-state index contributed by atoms with van der Waals surface area (Å²) < 4.78 is 5.51. The van der Waals surface area contributed by atoms with Crippen LogP contribution in [-0.4, -0.2) is 35.4 Å². The summed E-state index contributed by atoms with van der Waals surface area (Å²) in [6, 6.07) is 5.65. The van der Waals surface area contributed by atoms with Gasteiger partial charge in [0.2, 0.25) is 5.91 Å². The predicted octanol–water partition coefficient (Wildman–Crippen LogP) is 1.83. The molecule has 106 valence electrons. The summed E-state index contributed by atoms with van der Waals surface area (Å²) in [6.45, 7) is 1.91. The fourth-order valence-electron chi connectivity index (χ4n) is 2.42. The van der Waals surface area contributed by atoms with Crippen LogP contribution in [0.15, 0.2) is 22.6 Å². The van der Waals surface area contributed by atoms with E-state index in [1.807, 2.05) is 4.90 Å². The number of carbonyl (C=O) groups is 1. The van der Waals surface area contributed by atoms with E-state index in [0.717, 1.165) is 31.4 Å². The standard InChI is InChI=1S/C14H18N4O2/c15-10-4-5-11-12(8-10)20-14(17-11)16-9-13(19)18-6-2-1-3-7-18/h4-5,8H,1-3,6-7,9,15H2,(H,16,17). The molecule has 0 radical (unpaired) electrons. The fourth-order valence-corrected chi connectivity index (χ4v) is 2.42. The number of rotatable bonds is 3. The lowest BCUT2D eigenvalue weighted by Crippen LogP contribution is -2.39. The minimum atomic E-state index is 0.0893. The molecular formula is C14H18N4O2. The van der Waals surface area contributed by atoms with Crippen LogP contribution in [0.1, 0.15) is 19.3 Å². The first-order chi connectivity index (χ1) is 9.72. The van der Waals surface area contributed by atoms with Gasteiger partial charge in [0.15, 0.2) is 5.58 Å². The van der Waals surface area contributed by atoms with Gasteiger partial charge in [-0.3, -0.25) is 4.79 Å². The van der Waals surface area contributed by atoms with Gasteiger partial charge in [-0.05, 0) is 31.4 Å². The van der Waals surface area contributed by atoms with Crippen LogP contribution in [0.3, 0.4) is 0 Å². The van der Waals surface area contributed by atoms with Crippen LogP contribution in [0.4, 0.5) is 11.7 Å². The van der Waals surface area contributed by atoms with Crippen LogP contribution in [0.25, 0.3) is 11.1 Å². The van der Waals surface area contributed by atoms with Gasteiger partial charge in [-0.1, -0.05) is 0 Å². The second-order valence-electron chi connectivity index (χ2n) is 5.04. The van der Waals surface area contributed by atoms with E-state index in [1.165, 1.54) is 6.42 Å². The van der Waals surface area contributed by atoms with Crippen LogP contribution >= 0.6 is 0 Å². The Hall–Kier alpha value is -2.24. The van der Waals surface area contributed by atoms with Crippen LogP contribution in [0.5, 0.6) is 0 Å². The summed E-state index contributed by atoms with van der Waals surface area (Å²) >= 11 is 0. The summed E-state index contributed by atoms with van der Waals surface area (Å²) in [5.41, 5.74) is 7.67. The van der Waals surface area contributed by atoms with Crippen LogP contribution in [0, 0.1) is 0 Å². The fraction of sp³-hybridized carbons (Fsp3) is 0.429. The summed E-state index contributed by atoms with van der Waals surface area (Å²) in [7, 11) is 0. The number of aromatic nitrogens is 1. The summed E-state index contributed by atoms with van der Waals surface area (Å²) in [4.78, 5) is 18.2. The molecule has 0 bridgehead atoms. The van der Waals surface area contributed by atoms with E-state index in [-0.39, 0.29) is 12.5 Å². The second kappa shape index (κ2) is 5.40. The topological polar surface area (TPSA) is 84.4 Å². The van der Waals surface area contributed by atoms with E-state index < -0.39 is 0 Å². The number of anilines is 2. The number of hydrogen-bond acceptors (Lipinski definition) is 5. The summed E-state index contributed by atoms with van der Waals surface area (Å²) in [5.74, 6) is 0.0893. The van der Waals surface area contributed by atoms with Gasteiger partial charge in [0.05, 0.1) is 6.54 Å². The highest BCUT2D eigenvalue weighted by atomic mass is 16.4. The number of nitrogens with zero attached hydrogens (tertiary/aromatic N) is 2. The molecular weight excluding hydrogens is 256 g/mol. The normalized spacial score (nSPS) is 15.5. The van der Waals surface area contributed by atoms with Gasteiger partial charge in [-0.15, -0.1) is 0 Å². The van der Waals surface area contributed by atoms with Crippen molar-refractivity contribution in [3.8, 4) is 0 Å². The van der Waals surface area contributed by atoms with Crippen LogP contribution < -0.4 is 11.1 Å². The highest BCUT2D eigenvalue weighted by molar-refractivity contribution is 5.82. The molecule has 0 spiro atoms. The molecule has 6 heteroatoms. The van der Waals surface area contributed by atoms with Gasteiger partial charge in [0, 0.05) is 24.8 Å². The average Bonchev–Trinajstić information content (AvgIpc) is 2.87. The number of fused-ring (bicyclic) bond motifs is 1. The SMILES string of the molecule is Nc1ccc2nc(NCC(=O)N3CCCCC3)oc2c1. The lowest BCUT2D eigenvalue weighted by Gasteiger charge is -2.26. The van der Waals surface area contributed by atoms with E-state index in [0.29, 0.717) is 17.3 Å². The van der Waals surface area contributed by atoms with Gasteiger partial charge in [-0.25, -0.2) is 0 Å². The predicted molar refractivity (Wildman–Crippen MR) is 77.3 cm³/mol. The zero-order chi connectivity index (χ0) is 13.9. The minimum absolute atomic E-state index is 0.0893. The van der Waals surface area contributed by atoms with Crippen molar-refractivity contribution in [1.82, 2.24) is 9.88 Å². The highest BCUT2D eigenvalue weighted by Gasteiger charge is 2.16. The quantitative estimate of drug-likeness (QED) is 0.834. The molecule has 3 rings (SSSR count). The largest absolute Gasteiger partial charge is 0.423 e. The maximum atomic E-state index is 12.0. The number of benzene rings is 1. The minimum Gasteiger partial charge on any atom is -0.423 e. The zero-order valence-corrected chi connectivity index (χ0v) is 11.3.